The van der Waals surface area contributed by atoms with Gasteiger partial charge in [-0.1, -0.05) is 0 Å². The van der Waals surface area contributed by atoms with Crippen LogP contribution in [0.5, 0.6) is 11.5 Å². The Morgan fingerprint density at radius 2 is 1.89 bits per heavy atom. The fourth-order valence-corrected chi connectivity index (χ4v) is 1.84. The molecule has 0 saturated heterocycles. The van der Waals surface area contributed by atoms with Crippen LogP contribution in [0.15, 0.2) is 30.6 Å². The largest absolute Gasteiger partial charge is 0.493 e. The zero-order valence-corrected chi connectivity index (χ0v) is 10.9. The SMILES string of the molecule is COc1cc(C)c(NCc2cc[nH]c2)cc1OC. The molecule has 1 aromatic heterocycles. The van der Waals surface area contributed by atoms with Crippen molar-refractivity contribution in [1.29, 1.82) is 0 Å². The van der Waals surface area contributed by atoms with Crippen LogP contribution in [0.4, 0.5) is 5.69 Å². The summed E-state index contributed by atoms with van der Waals surface area (Å²) < 4.78 is 10.6. The monoisotopic (exact) mass is 246 g/mol. The molecule has 2 rings (SSSR count). The number of methoxy groups -OCH3 is 2. The molecule has 96 valence electrons. The van der Waals surface area contributed by atoms with Crippen molar-refractivity contribution in [2.24, 2.45) is 0 Å². The first-order valence-corrected chi connectivity index (χ1v) is 5.82. The van der Waals surface area contributed by atoms with E-state index in [0.717, 1.165) is 29.3 Å². The van der Waals surface area contributed by atoms with Gasteiger partial charge in [0.05, 0.1) is 14.2 Å². The molecule has 0 aliphatic carbocycles. The number of rotatable bonds is 5. The molecule has 0 fully saturated rings. The Morgan fingerprint density at radius 1 is 1.17 bits per heavy atom. The highest BCUT2D eigenvalue weighted by atomic mass is 16.5. The van der Waals surface area contributed by atoms with Crippen molar-refractivity contribution >= 4 is 5.69 Å². The van der Waals surface area contributed by atoms with Crippen molar-refractivity contribution in [3.8, 4) is 11.5 Å². The third kappa shape index (κ3) is 2.59. The van der Waals surface area contributed by atoms with Crippen LogP contribution in [0.1, 0.15) is 11.1 Å². The summed E-state index contributed by atoms with van der Waals surface area (Å²) in [6, 6.07) is 5.97. The maximum absolute atomic E-state index is 5.30. The Balaban J connectivity index is 2.17. The van der Waals surface area contributed by atoms with Crippen molar-refractivity contribution in [2.75, 3.05) is 19.5 Å². The topological polar surface area (TPSA) is 46.3 Å². The second-order valence-electron chi connectivity index (χ2n) is 4.09. The average molecular weight is 246 g/mol. The van der Waals surface area contributed by atoms with Gasteiger partial charge in [0.15, 0.2) is 11.5 Å². The van der Waals surface area contributed by atoms with Crippen LogP contribution in [0.2, 0.25) is 0 Å². The lowest BCUT2D eigenvalue weighted by Crippen LogP contribution is -2.01. The second-order valence-corrected chi connectivity index (χ2v) is 4.09. The van der Waals surface area contributed by atoms with E-state index in [-0.39, 0.29) is 0 Å². The molecule has 4 nitrogen and oxygen atoms in total. The van der Waals surface area contributed by atoms with E-state index in [4.69, 9.17) is 9.47 Å². The van der Waals surface area contributed by atoms with Gasteiger partial charge in [-0.25, -0.2) is 0 Å². The number of H-pyrrole nitrogens is 1. The summed E-state index contributed by atoms with van der Waals surface area (Å²) in [6.45, 7) is 2.82. The standard InChI is InChI=1S/C14H18N2O2/c1-10-6-13(17-2)14(18-3)7-12(10)16-9-11-4-5-15-8-11/h4-8,15-16H,9H2,1-3H3. The Hall–Kier alpha value is -2.10. The molecule has 0 radical (unpaired) electrons. The molecular formula is C14H18N2O2. The minimum Gasteiger partial charge on any atom is -0.493 e. The van der Waals surface area contributed by atoms with Gasteiger partial charge < -0.3 is 19.8 Å². The first-order chi connectivity index (χ1) is 8.74. The summed E-state index contributed by atoms with van der Waals surface area (Å²) in [5.74, 6) is 1.49. The Morgan fingerprint density at radius 3 is 2.50 bits per heavy atom. The summed E-state index contributed by atoms with van der Waals surface area (Å²) in [7, 11) is 3.29. The van der Waals surface area contributed by atoms with Gasteiger partial charge in [-0.2, -0.15) is 0 Å². The summed E-state index contributed by atoms with van der Waals surface area (Å²) >= 11 is 0. The lowest BCUT2D eigenvalue weighted by Gasteiger charge is -2.14. The third-order valence-electron chi connectivity index (χ3n) is 2.88. The van der Waals surface area contributed by atoms with Crippen LogP contribution in [0.25, 0.3) is 0 Å². The van der Waals surface area contributed by atoms with Gasteiger partial charge >= 0.3 is 0 Å². The normalized spacial score (nSPS) is 10.2. The van der Waals surface area contributed by atoms with Crippen LogP contribution in [-0.4, -0.2) is 19.2 Å². The number of ether oxygens (including phenoxy) is 2. The molecule has 0 unspecified atom stereocenters. The molecule has 0 atom stereocenters. The van der Waals surface area contributed by atoms with Gasteiger partial charge in [-0.05, 0) is 30.2 Å². The molecule has 0 aliphatic rings. The highest BCUT2D eigenvalue weighted by Crippen LogP contribution is 2.32. The third-order valence-corrected chi connectivity index (χ3v) is 2.88. The van der Waals surface area contributed by atoms with Gasteiger partial charge in [0, 0.05) is 30.7 Å². The molecule has 2 N–H and O–H groups in total. The predicted molar refractivity (Wildman–Crippen MR) is 72.4 cm³/mol. The van der Waals surface area contributed by atoms with E-state index in [1.807, 2.05) is 37.5 Å². The molecule has 0 aliphatic heterocycles. The summed E-state index contributed by atoms with van der Waals surface area (Å²) in [5, 5.41) is 3.39. The minimum atomic E-state index is 0.736. The van der Waals surface area contributed by atoms with Crippen LogP contribution >= 0.6 is 0 Å². The second kappa shape index (κ2) is 5.49. The fraction of sp³-hybridized carbons (Fsp3) is 0.286. The lowest BCUT2D eigenvalue weighted by atomic mass is 10.1. The van der Waals surface area contributed by atoms with E-state index >= 15 is 0 Å². The molecule has 0 bridgehead atoms. The molecule has 4 heteroatoms. The summed E-state index contributed by atoms with van der Waals surface area (Å²) in [4.78, 5) is 3.04. The number of aromatic amines is 1. The highest BCUT2D eigenvalue weighted by molar-refractivity contribution is 5.60. The lowest BCUT2D eigenvalue weighted by molar-refractivity contribution is 0.355. The van der Waals surface area contributed by atoms with E-state index in [0.29, 0.717) is 0 Å². The molecule has 0 saturated carbocycles. The van der Waals surface area contributed by atoms with Crippen molar-refractivity contribution < 1.29 is 9.47 Å². The fourth-order valence-electron chi connectivity index (χ4n) is 1.84. The highest BCUT2D eigenvalue weighted by Gasteiger charge is 2.08. The van der Waals surface area contributed by atoms with Crippen LogP contribution in [-0.2, 0) is 6.54 Å². The van der Waals surface area contributed by atoms with E-state index in [1.165, 1.54) is 5.56 Å². The van der Waals surface area contributed by atoms with Gasteiger partial charge in [0.1, 0.15) is 0 Å². The first-order valence-electron chi connectivity index (χ1n) is 5.82. The van der Waals surface area contributed by atoms with Crippen LogP contribution in [0, 0.1) is 6.92 Å². The van der Waals surface area contributed by atoms with Gasteiger partial charge in [0.25, 0.3) is 0 Å². The number of hydrogen-bond acceptors (Lipinski definition) is 3. The van der Waals surface area contributed by atoms with Crippen molar-refractivity contribution in [1.82, 2.24) is 4.98 Å². The average Bonchev–Trinajstić information content (AvgIpc) is 2.90. The number of aromatic nitrogens is 1. The Labute approximate surface area is 107 Å². The maximum atomic E-state index is 5.30. The Kier molecular flexibility index (Phi) is 3.77. The molecule has 0 amide bonds. The van der Waals surface area contributed by atoms with Crippen LogP contribution in [0.3, 0.4) is 0 Å². The number of nitrogens with one attached hydrogen (secondary N) is 2. The zero-order chi connectivity index (χ0) is 13.0. The van der Waals surface area contributed by atoms with E-state index in [2.05, 4.69) is 10.3 Å². The van der Waals surface area contributed by atoms with Crippen molar-refractivity contribution in [3.05, 3.63) is 41.7 Å². The molecule has 1 aromatic carbocycles. The predicted octanol–water partition coefficient (Wildman–Crippen LogP) is 2.95. The molecule has 18 heavy (non-hydrogen) atoms. The first kappa shape index (κ1) is 12.4. The quantitative estimate of drug-likeness (QED) is 0.852. The van der Waals surface area contributed by atoms with Gasteiger partial charge in [-0.15, -0.1) is 0 Å². The molecular weight excluding hydrogens is 228 g/mol. The smallest absolute Gasteiger partial charge is 0.162 e. The van der Waals surface area contributed by atoms with Gasteiger partial charge in [0.2, 0.25) is 0 Å². The number of anilines is 1. The van der Waals surface area contributed by atoms with Crippen LogP contribution < -0.4 is 14.8 Å². The minimum absolute atomic E-state index is 0.736. The van der Waals surface area contributed by atoms with E-state index < -0.39 is 0 Å². The molecule has 2 aromatic rings. The molecule has 0 spiro atoms. The maximum Gasteiger partial charge on any atom is 0.162 e. The Bertz CT molecular complexity index is 507. The summed E-state index contributed by atoms with van der Waals surface area (Å²) in [6.07, 6.45) is 3.89. The number of hydrogen-bond donors (Lipinski definition) is 2. The summed E-state index contributed by atoms with van der Waals surface area (Å²) in [5.41, 5.74) is 3.39. The molecule has 1 heterocycles. The number of benzene rings is 1. The van der Waals surface area contributed by atoms with Crippen molar-refractivity contribution in [2.45, 2.75) is 13.5 Å². The zero-order valence-electron chi connectivity index (χ0n) is 10.9. The van der Waals surface area contributed by atoms with Crippen molar-refractivity contribution in [3.63, 3.8) is 0 Å². The van der Waals surface area contributed by atoms with E-state index in [9.17, 15) is 0 Å². The number of aryl methyl sites for hydroxylation is 1. The van der Waals surface area contributed by atoms with Gasteiger partial charge in [-0.3, -0.25) is 0 Å². The van der Waals surface area contributed by atoms with E-state index in [1.54, 1.807) is 14.2 Å².